The van der Waals surface area contributed by atoms with Crippen molar-refractivity contribution in [1.29, 1.82) is 0 Å². The maximum atomic E-state index is 11.4. The number of hydrogen-bond acceptors (Lipinski definition) is 5. The van der Waals surface area contributed by atoms with Crippen molar-refractivity contribution in [1.82, 2.24) is 4.98 Å². The molecule has 0 saturated carbocycles. The Morgan fingerprint density at radius 3 is 2.74 bits per heavy atom. The van der Waals surface area contributed by atoms with Crippen molar-refractivity contribution in [3.8, 4) is 0 Å². The minimum Gasteiger partial charge on any atom is -0.478 e. The van der Waals surface area contributed by atoms with Crippen LogP contribution in [0.2, 0.25) is 0 Å². The third-order valence-electron chi connectivity index (χ3n) is 3.54. The van der Waals surface area contributed by atoms with Crippen LogP contribution >= 0.6 is 0 Å². The molecule has 1 fully saturated rings. The van der Waals surface area contributed by atoms with Crippen molar-refractivity contribution in [2.45, 2.75) is 13.3 Å². The van der Waals surface area contributed by atoms with E-state index in [0.29, 0.717) is 25.3 Å². The van der Waals surface area contributed by atoms with Crippen LogP contribution in [0.25, 0.3) is 0 Å². The van der Waals surface area contributed by atoms with E-state index < -0.39 is 11.4 Å². The Morgan fingerprint density at radius 1 is 1.53 bits per heavy atom. The van der Waals surface area contributed by atoms with Gasteiger partial charge in [0.25, 0.3) is 0 Å². The average Bonchev–Trinajstić information content (AvgIpc) is 2.73. The lowest BCUT2D eigenvalue weighted by atomic mass is 9.89. The Morgan fingerprint density at radius 2 is 2.21 bits per heavy atom. The molecule has 0 aromatic carbocycles. The van der Waals surface area contributed by atoms with Gasteiger partial charge >= 0.3 is 5.97 Å². The Balaban J connectivity index is 2.28. The van der Waals surface area contributed by atoms with Crippen LogP contribution in [-0.4, -0.2) is 35.1 Å². The zero-order valence-electron chi connectivity index (χ0n) is 10.6. The molecule has 1 unspecified atom stereocenters. The summed E-state index contributed by atoms with van der Waals surface area (Å²) in [5.41, 5.74) is 10.5. The maximum Gasteiger partial charge on any atom is 0.337 e. The lowest BCUT2D eigenvalue weighted by molar-refractivity contribution is -0.125. The van der Waals surface area contributed by atoms with Crippen LogP contribution in [0.4, 0.5) is 11.5 Å². The molecule has 1 aliphatic rings. The molecule has 5 N–H and O–H groups in total. The minimum atomic E-state index is -1.10. The number of carboxylic acid groups (broad SMARTS) is 1. The number of hydrogen-bond donors (Lipinski definition) is 3. The van der Waals surface area contributed by atoms with Gasteiger partial charge in [-0.1, -0.05) is 0 Å². The number of primary amides is 1. The van der Waals surface area contributed by atoms with Crippen LogP contribution in [0.15, 0.2) is 12.3 Å². The predicted molar refractivity (Wildman–Crippen MR) is 69.7 cm³/mol. The molecule has 1 amide bonds. The van der Waals surface area contributed by atoms with Crippen LogP contribution in [0, 0.1) is 5.41 Å². The van der Waals surface area contributed by atoms with Gasteiger partial charge in [0, 0.05) is 13.1 Å². The lowest BCUT2D eigenvalue weighted by Crippen LogP contribution is -2.37. The van der Waals surface area contributed by atoms with Crippen LogP contribution in [0.5, 0.6) is 0 Å². The van der Waals surface area contributed by atoms with E-state index in [2.05, 4.69) is 4.98 Å². The standard InChI is InChI=1S/C12H16N4O3/c1-12(11(14)19)2-3-16(6-12)9-4-7(10(17)18)8(13)5-15-9/h4-5H,2-3,6,13H2,1H3,(H2,14,19)(H,17,18). The van der Waals surface area contributed by atoms with Crippen molar-refractivity contribution in [2.24, 2.45) is 11.1 Å². The van der Waals surface area contributed by atoms with Gasteiger partial charge in [-0.25, -0.2) is 9.78 Å². The molecule has 7 nitrogen and oxygen atoms in total. The Labute approximate surface area is 110 Å². The molecule has 19 heavy (non-hydrogen) atoms. The number of aromatic carboxylic acids is 1. The number of aromatic nitrogens is 1. The summed E-state index contributed by atoms with van der Waals surface area (Å²) < 4.78 is 0. The molecule has 1 atom stereocenters. The van der Waals surface area contributed by atoms with E-state index in [1.165, 1.54) is 12.3 Å². The van der Waals surface area contributed by atoms with Gasteiger partial charge in [-0.2, -0.15) is 0 Å². The van der Waals surface area contributed by atoms with E-state index in [9.17, 15) is 9.59 Å². The Kier molecular flexibility index (Phi) is 3.05. The molecule has 2 rings (SSSR count). The fraction of sp³-hybridized carbons (Fsp3) is 0.417. The van der Waals surface area contributed by atoms with Gasteiger partial charge in [0.15, 0.2) is 0 Å². The molecule has 1 aliphatic heterocycles. The van der Waals surface area contributed by atoms with E-state index >= 15 is 0 Å². The van der Waals surface area contributed by atoms with Crippen molar-refractivity contribution in [3.05, 3.63) is 17.8 Å². The van der Waals surface area contributed by atoms with Gasteiger partial charge < -0.3 is 21.5 Å². The molecule has 0 spiro atoms. The summed E-state index contributed by atoms with van der Waals surface area (Å²) in [4.78, 5) is 28.4. The number of nitrogen functional groups attached to an aromatic ring is 1. The van der Waals surface area contributed by atoms with Crippen molar-refractivity contribution in [2.75, 3.05) is 23.7 Å². The molecule has 2 heterocycles. The molecular formula is C12H16N4O3. The second-order valence-electron chi connectivity index (χ2n) is 5.03. The van der Waals surface area contributed by atoms with Crippen LogP contribution in [0.3, 0.4) is 0 Å². The summed E-state index contributed by atoms with van der Waals surface area (Å²) in [7, 11) is 0. The van der Waals surface area contributed by atoms with Gasteiger partial charge in [0.2, 0.25) is 5.91 Å². The molecule has 0 bridgehead atoms. The lowest BCUT2D eigenvalue weighted by Gasteiger charge is -2.22. The van der Waals surface area contributed by atoms with Crippen molar-refractivity contribution < 1.29 is 14.7 Å². The van der Waals surface area contributed by atoms with Gasteiger partial charge in [0.1, 0.15) is 5.82 Å². The van der Waals surface area contributed by atoms with E-state index in [1.54, 1.807) is 6.92 Å². The summed E-state index contributed by atoms with van der Waals surface area (Å²) in [5, 5.41) is 9.02. The van der Waals surface area contributed by atoms with E-state index in [-0.39, 0.29) is 17.2 Å². The quantitative estimate of drug-likeness (QED) is 0.709. The van der Waals surface area contributed by atoms with Gasteiger partial charge in [0.05, 0.1) is 22.9 Å². The zero-order chi connectivity index (χ0) is 14.2. The number of carbonyl (C=O) groups excluding carboxylic acids is 1. The molecule has 1 aromatic heterocycles. The summed E-state index contributed by atoms with van der Waals surface area (Å²) in [6, 6.07) is 1.42. The number of nitrogens with zero attached hydrogens (tertiary/aromatic N) is 2. The highest BCUT2D eigenvalue weighted by Crippen LogP contribution is 2.32. The zero-order valence-corrected chi connectivity index (χ0v) is 10.6. The largest absolute Gasteiger partial charge is 0.478 e. The van der Waals surface area contributed by atoms with E-state index in [4.69, 9.17) is 16.6 Å². The molecule has 1 aromatic rings. The van der Waals surface area contributed by atoms with Gasteiger partial charge in [-0.3, -0.25) is 4.79 Å². The number of amides is 1. The van der Waals surface area contributed by atoms with Gasteiger partial charge in [-0.05, 0) is 19.4 Å². The SMILES string of the molecule is CC1(C(N)=O)CCN(c2cc(C(=O)O)c(N)cn2)C1. The second-order valence-corrected chi connectivity index (χ2v) is 5.03. The number of carbonyl (C=O) groups is 2. The highest BCUT2D eigenvalue weighted by Gasteiger charge is 2.39. The first kappa shape index (κ1) is 13.1. The Bertz CT molecular complexity index is 546. The molecular weight excluding hydrogens is 248 g/mol. The van der Waals surface area contributed by atoms with Crippen molar-refractivity contribution in [3.63, 3.8) is 0 Å². The first-order valence-corrected chi connectivity index (χ1v) is 5.87. The number of rotatable bonds is 3. The van der Waals surface area contributed by atoms with Crippen LogP contribution in [-0.2, 0) is 4.79 Å². The first-order valence-electron chi connectivity index (χ1n) is 5.87. The summed E-state index contributed by atoms with van der Waals surface area (Å²) in [6.07, 6.45) is 1.94. The average molecular weight is 264 g/mol. The Hall–Kier alpha value is -2.31. The number of nitrogens with two attached hydrogens (primary N) is 2. The topological polar surface area (TPSA) is 123 Å². The second kappa shape index (κ2) is 4.42. The van der Waals surface area contributed by atoms with Crippen LogP contribution in [0.1, 0.15) is 23.7 Å². The normalized spacial score (nSPS) is 22.5. The number of anilines is 2. The van der Waals surface area contributed by atoms with Gasteiger partial charge in [-0.15, -0.1) is 0 Å². The molecule has 0 radical (unpaired) electrons. The third-order valence-corrected chi connectivity index (χ3v) is 3.54. The molecule has 102 valence electrons. The maximum absolute atomic E-state index is 11.4. The molecule has 1 saturated heterocycles. The monoisotopic (exact) mass is 264 g/mol. The summed E-state index contributed by atoms with van der Waals surface area (Å²) in [6.45, 7) is 2.83. The highest BCUT2D eigenvalue weighted by atomic mass is 16.4. The van der Waals surface area contributed by atoms with E-state index in [0.717, 1.165) is 0 Å². The van der Waals surface area contributed by atoms with Crippen molar-refractivity contribution >= 4 is 23.4 Å². The molecule has 7 heteroatoms. The first-order chi connectivity index (χ1) is 8.83. The number of carboxylic acids is 1. The van der Waals surface area contributed by atoms with E-state index in [1.807, 2.05) is 4.90 Å². The highest BCUT2D eigenvalue weighted by molar-refractivity contribution is 5.94. The third kappa shape index (κ3) is 2.31. The smallest absolute Gasteiger partial charge is 0.337 e. The number of pyridine rings is 1. The molecule has 0 aliphatic carbocycles. The summed E-state index contributed by atoms with van der Waals surface area (Å²) in [5.74, 6) is -0.960. The minimum absolute atomic E-state index is 0.0117. The fourth-order valence-corrected chi connectivity index (χ4v) is 2.17. The predicted octanol–water partition coefficient (Wildman–Crippen LogP) is 0.0637. The summed E-state index contributed by atoms with van der Waals surface area (Å²) >= 11 is 0. The fourth-order valence-electron chi connectivity index (χ4n) is 2.17. The van der Waals surface area contributed by atoms with Crippen LogP contribution < -0.4 is 16.4 Å².